The molecule has 0 aliphatic rings. The van der Waals surface area contributed by atoms with Gasteiger partial charge in [-0.15, -0.1) is 12.6 Å². The first-order chi connectivity index (χ1) is 5.34. The van der Waals surface area contributed by atoms with Gasteiger partial charge in [-0.3, -0.25) is 0 Å². The summed E-state index contributed by atoms with van der Waals surface area (Å²) >= 11 is 4.28. The van der Waals surface area contributed by atoms with Gasteiger partial charge in [-0.25, -0.2) is 0 Å². The van der Waals surface area contributed by atoms with Gasteiger partial charge in [0.05, 0.1) is 0 Å². The minimum absolute atomic E-state index is 0.0822. The van der Waals surface area contributed by atoms with Crippen molar-refractivity contribution in [2.75, 3.05) is 6.61 Å². The van der Waals surface area contributed by atoms with Crippen LogP contribution in [0.2, 0.25) is 0 Å². The van der Waals surface area contributed by atoms with Crippen molar-refractivity contribution >= 4 is 12.6 Å². The molecule has 0 aliphatic carbocycles. The van der Waals surface area contributed by atoms with E-state index in [0.29, 0.717) is 6.61 Å². The predicted molar refractivity (Wildman–Crippen MR) is 49.8 cm³/mol. The molecule has 0 heterocycles. The Kier molecular flexibility index (Phi) is 3.46. The molecule has 0 spiro atoms. The van der Waals surface area contributed by atoms with Crippen LogP contribution in [0.1, 0.15) is 17.9 Å². The fourth-order valence-corrected chi connectivity index (χ4v) is 1.19. The van der Waals surface area contributed by atoms with E-state index in [1.54, 1.807) is 0 Å². The summed E-state index contributed by atoms with van der Waals surface area (Å²) in [6, 6.07) is 9.96. The van der Waals surface area contributed by atoms with Crippen molar-refractivity contribution in [3.05, 3.63) is 35.9 Å². The molecule has 1 unspecified atom stereocenters. The lowest BCUT2D eigenvalue weighted by molar-refractivity contribution is 0.127. The highest BCUT2D eigenvalue weighted by molar-refractivity contribution is 7.80. The average Bonchev–Trinajstić information content (AvgIpc) is 2.07. The molecule has 0 aromatic heterocycles. The molecule has 1 aromatic rings. The summed E-state index contributed by atoms with van der Waals surface area (Å²) in [4.78, 5) is 0. The smallest absolute Gasteiger partial charge is 0.125 e. The van der Waals surface area contributed by atoms with Gasteiger partial charge in [0.2, 0.25) is 0 Å². The Bertz CT molecular complexity index is 198. The molecule has 11 heavy (non-hydrogen) atoms. The molecule has 0 saturated carbocycles. The first kappa shape index (κ1) is 8.62. The van der Waals surface area contributed by atoms with Crippen molar-refractivity contribution < 1.29 is 4.74 Å². The minimum Gasteiger partial charge on any atom is -0.363 e. The maximum absolute atomic E-state index is 5.29. The molecular weight excluding hydrogens is 156 g/mol. The SMILES string of the molecule is CCOC(S)c1ccccc1. The lowest BCUT2D eigenvalue weighted by atomic mass is 10.2. The molecule has 0 N–H and O–H groups in total. The van der Waals surface area contributed by atoms with Gasteiger partial charge < -0.3 is 4.74 Å². The Balaban J connectivity index is 2.61. The normalized spacial score (nSPS) is 12.9. The number of hydrogen-bond acceptors (Lipinski definition) is 2. The zero-order chi connectivity index (χ0) is 8.10. The second-order valence-corrected chi connectivity index (χ2v) is 2.69. The van der Waals surface area contributed by atoms with Crippen LogP contribution in [0.25, 0.3) is 0 Å². The largest absolute Gasteiger partial charge is 0.363 e. The average molecular weight is 168 g/mol. The van der Waals surface area contributed by atoms with Crippen molar-refractivity contribution in [1.29, 1.82) is 0 Å². The summed E-state index contributed by atoms with van der Waals surface area (Å²) in [5.74, 6) is 0. The van der Waals surface area contributed by atoms with Crippen LogP contribution in [0, 0.1) is 0 Å². The summed E-state index contributed by atoms with van der Waals surface area (Å²) in [6.45, 7) is 2.66. The van der Waals surface area contributed by atoms with Gasteiger partial charge in [0, 0.05) is 6.61 Å². The van der Waals surface area contributed by atoms with Crippen LogP contribution in [0.5, 0.6) is 0 Å². The van der Waals surface area contributed by atoms with E-state index in [1.807, 2.05) is 37.3 Å². The highest BCUT2D eigenvalue weighted by Crippen LogP contribution is 2.19. The molecule has 2 heteroatoms. The second kappa shape index (κ2) is 4.42. The van der Waals surface area contributed by atoms with Gasteiger partial charge in [0.25, 0.3) is 0 Å². The molecule has 60 valence electrons. The first-order valence-corrected chi connectivity index (χ1v) is 4.21. The van der Waals surface area contributed by atoms with Crippen molar-refractivity contribution in [2.24, 2.45) is 0 Å². The van der Waals surface area contributed by atoms with E-state index in [2.05, 4.69) is 12.6 Å². The molecular formula is C9H12OS. The third-order valence-electron chi connectivity index (χ3n) is 1.41. The fourth-order valence-electron chi connectivity index (χ4n) is 0.872. The van der Waals surface area contributed by atoms with Gasteiger partial charge in [0.15, 0.2) is 0 Å². The topological polar surface area (TPSA) is 9.23 Å². The lowest BCUT2D eigenvalue weighted by Gasteiger charge is -2.09. The summed E-state index contributed by atoms with van der Waals surface area (Å²) in [5.41, 5.74) is 1.03. The Morgan fingerprint density at radius 1 is 1.36 bits per heavy atom. The number of benzene rings is 1. The number of ether oxygens (including phenoxy) is 1. The fraction of sp³-hybridized carbons (Fsp3) is 0.333. The van der Waals surface area contributed by atoms with Crippen LogP contribution in [0.15, 0.2) is 30.3 Å². The van der Waals surface area contributed by atoms with Crippen LogP contribution >= 0.6 is 12.6 Å². The maximum Gasteiger partial charge on any atom is 0.125 e. The molecule has 1 atom stereocenters. The first-order valence-electron chi connectivity index (χ1n) is 3.69. The van der Waals surface area contributed by atoms with Gasteiger partial charge >= 0.3 is 0 Å². The summed E-state index contributed by atoms with van der Waals surface area (Å²) in [5, 5.41) is 0. The maximum atomic E-state index is 5.29. The van der Waals surface area contributed by atoms with Gasteiger partial charge in [-0.1, -0.05) is 30.3 Å². The van der Waals surface area contributed by atoms with E-state index >= 15 is 0 Å². The molecule has 0 radical (unpaired) electrons. The second-order valence-electron chi connectivity index (χ2n) is 2.22. The molecule has 0 amide bonds. The van der Waals surface area contributed by atoms with Crippen molar-refractivity contribution in [3.63, 3.8) is 0 Å². The highest BCUT2D eigenvalue weighted by Gasteiger charge is 2.02. The Morgan fingerprint density at radius 3 is 2.55 bits per heavy atom. The molecule has 1 rings (SSSR count). The van der Waals surface area contributed by atoms with Gasteiger partial charge in [0.1, 0.15) is 5.44 Å². The minimum atomic E-state index is -0.0822. The van der Waals surface area contributed by atoms with E-state index in [9.17, 15) is 0 Å². The van der Waals surface area contributed by atoms with Crippen molar-refractivity contribution in [3.8, 4) is 0 Å². The molecule has 0 saturated heterocycles. The quantitative estimate of drug-likeness (QED) is 0.539. The lowest BCUT2D eigenvalue weighted by Crippen LogP contribution is -1.95. The van der Waals surface area contributed by atoms with E-state index in [4.69, 9.17) is 4.74 Å². The van der Waals surface area contributed by atoms with E-state index in [1.165, 1.54) is 0 Å². The summed E-state index contributed by atoms with van der Waals surface area (Å²) in [7, 11) is 0. The summed E-state index contributed by atoms with van der Waals surface area (Å²) < 4.78 is 5.29. The third kappa shape index (κ3) is 2.56. The molecule has 0 bridgehead atoms. The van der Waals surface area contributed by atoms with Crippen molar-refractivity contribution in [2.45, 2.75) is 12.4 Å². The van der Waals surface area contributed by atoms with Gasteiger partial charge in [-0.05, 0) is 12.5 Å². The van der Waals surface area contributed by atoms with E-state index in [-0.39, 0.29) is 5.44 Å². The molecule has 0 fully saturated rings. The molecule has 1 aromatic carbocycles. The molecule has 1 nitrogen and oxygen atoms in total. The van der Waals surface area contributed by atoms with Crippen LogP contribution in [0.4, 0.5) is 0 Å². The van der Waals surface area contributed by atoms with Crippen LogP contribution in [-0.2, 0) is 4.74 Å². The third-order valence-corrected chi connectivity index (χ3v) is 1.86. The zero-order valence-corrected chi connectivity index (χ0v) is 7.42. The number of thiol groups is 1. The van der Waals surface area contributed by atoms with Crippen LogP contribution < -0.4 is 0 Å². The van der Waals surface area contributed by atoms with Crippen LogP contribution in [0.3, 0.4) is 0 Å². The van der Waals surface area contributed by atoms with Crippen LogP contribution in [-0.4, -0.2) is 6.61 Å². The Hall–Kier alpha value is -0.470. The zero-order valence-electron chi connectivity index (χ0n) is 6.53. The Morgan fingerprint density at radius 2 is 2.00 bits per heavy atom. The number of hydrogen-bond donors (Lipinski definition) is 1. The highest BCUT2D eigenvalue weighted by atomic mass is 32.1. The standard InChI is InChI=1S/C9H12OS/c1-2-10-9(11)8-6-4-3-5-7-8/h3-7,9,11H,2H2,1H3. The predicted octanol–water partition coefficient (Wildman–Crippen LogP) is 2.65. The Labute approximate surface area is 72.8 Å². The number of rotatable bonds is 3. The van der Waals surface area contributed by atoms with E-state index < -0.39 is 0 Å². The molecule has 0 aliphatic heterocycles. The summed E-state index contributed by atoms with van der Waals surface area (Å²) in [6.07, 6.45) is 0. The van der Waals surface area contributed by atoms with Crippen molar-refractivity contribution in [1.82, 2.24) is 0 Å². The monoisotopic (exact) mass is 168 g/mol. The van der Waals surface area contributed by atoms with Gasteiger partial charge in [-0.2, -0.15) is 0 Å². The van der Waals surface area contributed by atoms with E-state index in [0.717, 1.165) is 5.56 Å².